The molecule has 1 spiro atoms. The number of carboxylic acids is 1. The lowest BCUT2D eigenvalue weighted by Crippen LogP contribution is -2.55. The van der Waals surface area contributed by atoms with Crippen LogP contribution in [0.1, 0.15) is 30.7 Å². The Morgan fingerprint density at radius 1 is 1.45 bits per heavy atom. The van der Waals surface area contributed by atoms with Crippen LogP contribution in [-0.4, -0.2) is 45.5 Å². The lowest BCUT2D eigenvalue weighted by atomic mass is 9.77. The summed E-state index contributed by atoms with van der Waals surface area (Å²) in [6.07, 6.45) is 1.47. The average molecular weight is 303 g/mol. The van der Waals surface area contributed by atoms with Gasteiger partial charge in [-0.25, -0.2) is 0 Å². The molecule has 1 aromatic heterocycles. The highest BCUT2D eigenvalue weighted by molar-refractivity contribution is 5.88. The van der Waals surface area contributed by atoms with E-state index in [4.69, 9.17) is 0 Å². The first-order valence-electron chi connectivity index (χ1n) is 7.67. The number of aliphatic carboxylic acids is 1. The maximum atomic E-state index is 11.6. The highest BCUT2D eigenvalue weighted by Gasteiger charge is 2.51. The van der Waals surface area contributed by atoms with E-state index >= 15 is 0 Å². The number of rotatable bonds is 3. The Bertz CT molecular complexity index is 594. The van der Waals surface area contributed by atoms with E-state index in [0.29, 0.717) is 12.8 Å². The van der Waals surface area contributed by atoms with Crippen LogP contribution in [0.2, 0.25) is 0 Å². The first kappa shape index (κ1) is 15.0. The van der Waals surface area contributed by atoms with Crippen LogP contribution in [0, 0.1) is 12.8 Å². The van der Waals surface area contributed by atoms with Crippen molar-refractivity contribution < 1.29 is 14.7 Å². The van der Waals surface area contributed by atoms with Gasteiger partial charge in [0.2, 0.25) is 5.91 Å². The van der Waals surface area contributed by atoms with Crippen molar-refractivity contribution in [2.75, 3.05) is 13.1 Å². The Balaban J connectivity index is 1.65. The van der Waals surface area contributed by atoms with E-state index in [2.05, 4.69) is 15.2 Å². The quantitative estimate of drug-likeness (QED) is 0.868. The molecular weight excluding hydrogens is 282 g/mol. The number of hydrogen-bond acceptors (Lipinski definition) is 4. The third-order valence-corrected chi connectivity index (χ3v) is 4.82. The summed E-state index contributed by atoms with van der Waals surface area (Å²) in [5.41, 5.74) is 1.47. The van der Waals surface area contributed by atoms with Crippen molar-refractivity contribution in [1.82, 2.24) is 15.2 Å². The van der Waals surface area contributed by atoms with Crippen LogP contribution in [0.3, 0.4) is 0 Å². The summed E-state index contributed by atoms with van der Waals surface area (Å²) in [6, 6.07) is 5.98. The summed E-state index contributed by atoms with van der Waals surface area (Å²) in [7, 11) is 0. The number of pyridine rings is 1. The molecule has 6 nitrogen and oxygen atoms in total. The molecule has 0 aliphatic carbocycles. The maximum Gasteiger partial charge on any atom is 0.309 e. The molecule has 6 heteroatoms. The molecule has 3 rings (SSSR count). The van der Waals surface area contributed by atoms with Crippen LogP contribution in [0.15, 0.2) is 18.2 Å². The van der Waals surface area contributed by atoms with Crippen molar-refractivity contribution in [3.63, 3.8) is 0 Å². The second-order valence-corrected chi connectivity index (χ2v) is 6.35. The van der Waals surface area contributed by atoms with E-state index in [0.717, 1.165) is 31.0 Å². The molecule has 1 amide bonds. The Morgan fingerprint density at radius 2 is 2.18 bits per heavy atom. The van der Waals surface area contributed by atoms with E-state index in [-0.39, 0.29) is 12.3 Å². The normalized spacial score (nSPS) is 24.4. The number of carboxylic acid groups (broad SMARTS) is 1. The summed E-state index contributed by atoms with van der Waals surface area (Å²) < 4.78 is 0. The summed E-state index contributed by atoms with van der Waals surface area (Å²) in [6.45, 7) is 4.29. The van der Waals surface area contributed by atoms with Gasteiger partial charge in [-0.1, -0.05) is 6.07 Å². The molecule has 0 aromatic carbocycles. The van der Waals surface area contributed by atoms with E-state index in [9.17, 15) is 14.7 Å². The molecule has 2 saturated heterocycles. The third kappa shape index (κ3) is 2.83. The van der Waals surface area contributed by atoms with E-state index in [1.165, 1.54) is 0 Å². The Morgan fingerprint density at radius 3 is 2.82 bits per heavy atom. The number of carbonyl (C=O) groups excluding carboxylic acids is 1. The van der Waals surface area contributed by atoms with Gasteiger partial charge in [0.25, 0.3) is 0 Å². The standard InChI is InChI=1S/C16H21N3O3/c1-11-3-2-4-12(17-11)10-19-7-5-16(6-8-19)13(15(21)22)9-14(20)18-16/h2-4,13H,5-10H2,1H3,(H,18,20)(H,21,22). The number of carbonyl (C=O) groups is 2. The molecule has 2 fully saturated rings. The van der Waals surface area contributed by atoms with Gasteiger partial charge in [-0.3, -0.25) is 19.5 Å². The molecule has 2 N–H and O–H groups in total. The average Bonchev–Trinajstić information content (AvgIpc) is 2.79. The molecular formula is C16H21N3O3. The van der Waals surface area contributed by atoms with E-state index in [1.54, 1.807) is 0 Å². The van der Waals surface area contributed by atoms with Crippen LogP contribution in [0.4, 0.5) is 0 Å². The van der Waals surface area contributed by atoms with Crippen LogP contribution in [0.5, 0.6) is 0 Å². The van der Waals surface area contributed by atoms with Crippen molar-refractivity contribution in [2.45, 2.75) is 38.3 Å². The molecule has 2 aliphatic rings. The van der Waals surface area contributed by atoms with Crippen LogP contribution in [0.25, 0.3) is 0 Å². The molecule has 0 radical (unpaired) electrons. The minimum absolute atomic E-state index is 0.106. The number of aromatic nitrogens is 1. The van der Waals surface area contributed by atoms with Crippen molar-refractivity contribution in [2.24, 2.45) is 5.92 Å². The summed E-state index contributed by atoms with van der Waals surface area (Å²) in [5.74, 6) is -1.60. The van der Waals surface area contributed by atoms with Crippen LogP contribution in [-0.2, 0) is 16.1 Å². The minimum atomic E-state index is -0.868. The smallest absolute Gasteiger partial charge is 0.309 e. The molecule has 118 valence electrons. The zero-order valence-electron chi connectivity index (χ0n) is 12.7. The number of amides is 1. The Hall–Kier alpha value is -1.95. The Labute approximate surface area is 129 Å². The molecule has 1 atom stereocenters. The second-order valence-electron chi connectivity index (χ2n) is 6.35. The fourth-order valence-corrected chi connectivity index (χ4v) is 3.62. The van der Waals surface area contributed by atoms with Crippen molar-refractivity contribution in [3.8, 4) is 0 Å². The first-order chi connectivity index (χ1) is 10.5. The van der Waals surface area contributed by atoms with Crippen molar-refractivity contribution in [1.29, 1.82) is 0 Å². The number of nitrogens with zero attached hydrogens (tertiary/aromatic N) is 2. The van der Waals surface area contributed by atoms with Crippen LogP contribution >= 0.6 is 0 Å². The van der Waals surface area contributed by atoms with Gasteiger partial charge in [-0.05, 0) is 31.9 Å². The molecule has 1 unspecified atom stereocenters. The SMILES string of the molecule is Cc1cccc(CN2CCC3(CC2)NC(=O)CC3C(=O)O)n1. The van der Waals surface area contributed by atoms with Crippen LogP contribution < -0.4 is 5.32 Å². The predicted molar refractivity (Wildman–Crippen MR) is 80.1 cm³/mol. The summed E-state index contributed by atoms with van der Waals surface area (Å²) in [5, 5.41) is 12.3. The number of nitrogens with one attached hydrogen (secondary N) is 1. The predicted octanol–water partition coefficient (Wildman–Crippen LogP) is 0.945. The third-order valence-electron chi connectivity index (χ3n) is 4.82. The molecule has 22 heavy (non-hydrogen) atoms. The van der Waals surface area contributed by atoms with Gasteiger partial charge in [0.05, 0.1) is 17.2 Å². The zero-order valence-corrected chi connectivity index (χ0v) is 12.7. The molecule has 1 aromatic rings. The topological polar surface area (TPSA) is 82.5 Å². The van der Waals surface area contributed by atoms with E-state index < -0.39 is 17.4 Å². The Kier molecular flexibility index (Phi) is 3.87. The molecule has 3 heterocycles. The van der Waals surface area contributed by atoms with E-state index in [1.807, 2.05) is 25.1 Å². The molecule has 0 saturated carbocycles. The molecule has 0 bridgehead atoms. The monoisotopic (exact) mass is 303 g/mol. The van der Waals surface area contributed by atoms with Crippen molar-refractivity contribution >= 4 is 11.9 Å². The van der Waals surface area contributed by atoms with Gasteiger partial charge >= 0.3 is 5.97 Å². The van der Waals surface area contributed by atoms with Gasteiger partial charge in [-0.15, -0.1) is 0 Å². The highest BCUT2D eigenvalue weighted by atomic mass is 16.4. The van der Waals surface area contributed by atoms with Gasteiger partial charge in [-0.2, -0.15) is 0 Å². The number of hydrogen-bond donors (Lipinski definition) is 2. The number of likely N-dealkylation sites (tertiary alicyclic amines) is 1. The lowest BCUT2D eigenvalue weighted by Gasteiger charge is -2.41. The van der Waals surface area contributed by atoms with Gasteiger partial charge < -0.3 is 10.4 Å². The molecule has 2 aliphatic heterocycles. The fourth-order valence-electron chi connectivity index (χ4n) is 3.62. The minimum Gasteiger partial charge on any atom is -0.481 e. The summed E-state index contributed by atoms with van der Waals surface area (Å²) >= 11 is 0. The van der Waals surface area contributed by atoms with Gasteiger partial charge in [0, 0.05) is 31.7 Å². The first-order valence-corrected chi connectivity index (χ1v) is 7.67. The number of piperidine rings is 1. The summed E-state index contributed by atoms with van der Waals surface area (Å²) in [4.78, 5) is 29.8. The largest absolute Gasteiger partial charge is 0.481 e. The maximum absolute atomic E-state index is 11.6. The fraction of sp³-hybridized carbons (Fsp3) is 0.562. The second kappa shape index (κ2) is 5.68. The van der Waals surface area contributed by atoms with Crippen molar-refractivity contribution in [3.05, 3.63) is 29.6 Å². The highest BCUT2D eigenvalue weighted by Crippen LogP contribution is 2.37. The lowest BCUT2D eigenvalue weighted by molar-refractivity contribution is -0.144. The van der Waals surface area contributed by atoms with Gasteiger partial charge in [0.15, 0.2) is 0 Å². The zero-order chi connectivity index (χ0) is 15.7. The number of aryl methyl sites for hydroxylation is 1. The van der Waals surface area contributed by atoms with Gasteiger partial charge in [0.1, 0.15) is 0 Å².